The van der Waals surface area contributed by atoms with Gasteiger partial charge in [-0.15, -0.1) is 0 Å². The van der Waals surface area contributed by atoms with E-state index in [2.05, 4.69) is 11.1 Å². The Morgan fingerprint density at radius 3 is 3.06 bits per heavy atom. The molecule has 0 aliphatic rings. The van der Waals surface area contributed by atoms with E-state index >= 15 is 0 Å². The van der Waals surface area contributed by atoms with Crippen molar-refractivity contribution in [2.45, 2.75) is 0 Å². The van der Waals surface area contributed by atoms with E-state index in [4.69, 9.17) is 9.15 Å². The van der Waals surface area contributed by atoms with E-state index in [-0.39, 0.29) is 0 Å². The Morgan fingerprint density at radius 2 is 2.24 bits per heavy atom. The molecule has 0 atom stereocenters. The first-order chi connectivity index (χ1) is 8.36. The van der Waals surface area contributed by atoms with Crippen LogP contribution in [0.1, 0.15) is 0 Å². The predicted molar refractivity (Wildman–Crippen MR) is 64.8 cm³/mol. The zero-order valence-electron chi connectivity index (χ0n) is 9.31. The minimum atomic E-state index is 0.596. The summed E-state index contributed by atoms with van der Waals surface area (Å²) < 4.78 is 10.8. The van der Waals surface area contributed by atoms with E-state index < -0.39 is 0 Å². The van der Waals surface area contributed by atoms with Crippen molar-refractivity contribution in [1.82, 2.24) is 4.98 Å². The Balaban J connectivity index is 2.13. The van der Waals surface area contributed by atoms with Crippen molar-refractivity contribution in [2.24, 2.45) is 0 Å². The quantitative estimate of drug-likeness (QED) is 0.670. The molecule has 3 rings (SSSR count). The molecule has 0 unspecified atom stereocenters. The van der Waals surface area contributed by atoms with Gasteiger partial charge in [0, 0.05) is 5.56 Å². The molecule has 0 saturated carbocycles. The Kier molecular flexibility index (Phi) is 2.29. The van der Waals surface area contributed by atoms with Crippen molar-refractivity contribution in [3.05, 3.63) is 48.5 Å². The Labute approximate surface area is 98.7 Å². The predicted octanol–water partition coefficient (Wildman–Crippen LogP) is 3.30. The zero-order valence-corrected chi connectivity index (χ0v) is 9.31. The van der Waals surface area contributed by atoms with Gasteiger partial charge < -0.3 is 9.15 Å². The largest absolute Gasteiger partial charge is 0.497 e. The Hall–Kier alpha value is -2.29. The molecule has 0 fully saturated rings. The SMILES string of the molecule is COc1cccc(-c2nc3c[c]ccc3o2)c1. The maximum Gasteiger partial charge on any atom is 0.227 e. The number of hydrogen-bond acceptors (Lipinski definition) is 3. The summed E-state index contributed by atoms with van der Waals surface area (Å²) in [6.07, 6.45) is 0. The number of ether oxygens (including phenoxy) is 1. The molecule has 1 aromatic heterocycles. The topological polar surface area (TPSA) is 35.3 Å². The van der Waals surface area contributed by atoms with E-state index in [9.17, 15) is 0 Å². The van der Waals surface area contributed by atoms with Crippen LogP contribution in [-0.2, 0) is 0 Å². The van der Waals surface area contributed by atoms with Gasteiger partial charge in [0.25, 0.3) is 0 Å². The summed E-state index contributed by atoms with van der Waals surface area (Å²) in [5.41, 5.74) is 2.48. The number of aromatic nitrogens is 1. The molecule has 3 aromatic rings. The average molecular weight is 224 g/mol. The lowest BCUT2D eigenvalue weighted by molar-refractivity contribution is 0.415. The maximum atomic E-state index is 5.67. The van der Waals surface area contributed by atoms with E-state index in [0.717, 1.165) is 22.4 Å². The first-order valence-corrected chi connectivity index (χ1v) is 5.28. The van der Waals surface area contributed by atoms with Gasteiger partial charge in [-0.25, -0.2) is 4.98 Å². The van der Waals surface area contributed by atoms with Crippen molar-refractivity contribution in [3.8, 4) is 17.2 Å². The first-order valence-electron chi connectivity index (χ1n) is 5.28. The molecule has 0 bridgehead atoms. The van der Waals surface area contributed by atoms with Gasteiger partial charge in [-0.05, 0) is 36.4 Å². The van der Waals surface area contributed by atoms with Crippen molar-refractivity contribution >= 4 is 11.1 Å². The van der Waals surface area contributed by atoms with E-state index in [1.165, 1.54) is 0 Å². The molecule has 1 heterocycles. The third-order valence-electron chi connectivity index (χ3n) is 2.55. The van der Waals surface area contributed by atoms with Crippen LogP contribution >= 0.6 is 0 Å². The van der Waals surface area contributed by atoms with Crippen molar-refractivity contribution < 1.29 is 9.15 Å². The van der Waals surface area contributed by atoms with Gasteiger partial charge in [0.15, 0.2) is 5.58 Å². The molecule has 83 valence electrons. The Morgan fingerprint density at radius 1 is 1.29 bits per heavy atom. The summed E-state index contributed by atoms with van der Waals surface area (Å²) >= 11 is 0. The van der Waals surface area contributed by atoms with Crippen LogP contribution in [0.2, 0.25) is 0 Å². The van der Waals surface area contributed by atoms with Crippen molar-refractivity contribution in [1.29, 1.82) is 0 Å². The fourth-order valence-corrected chi connectivity index (χ4v) is 1.70. The molecule has 2 aromatic carbocycles. The minimum absolute atomic E-state index is 0.596. The van der Waals surface area contributed by atoms with Crippen LogP contribution in [0, 0.1) is 6.07 Å². The molecule has 0 aliphatic carbocycles. The molecule has 0 amide bonds. The average Bonchev–Trinajstić information content (AvgIpc) is 2.82. The molecule has 3 heteroatoms. The summed E-state index contributed by atoms with van der Waals surface area (Å²) in [4.78, 5) is 4.40. The van der Waals surface area contributed by atoms with E-state index in [1.54, 1.807) is 7.11 Å². The van der Waals surface area contributed by atoms with Crippen LogP contribution in [0.5, 0.6) is 5.75 Å². The smallest absolute Gasteiger partial charge is 0.227 e. The van der Waals surface area contributed by atoms with Gasteiger partial charge in [0.1, 0.15) is 11.3 Å². The molecule has 0 N–H and O–H groups in total. The lowest BCUT2D eigenvalue weighted by Gasteiger charge is -2.00. The van der Waals surface area contributed by atoms with Crippen molar-refractivity contribution in [3.63, 3.8) is 0 Å². The molecule has 0 aliphatic heterocycles. The monoisotopic (exact) mass is 224 g/mol. The lowest BCUT2D eigenvalue weighted by Crippen LogP contribution is -1.83. The van der Waals surface area contributed by atoms with Crippen LogP contribution < -0.4 is 4.74 Å². The highest BCUT2D eigenvalue weighted by Crippen LogP contribution is 2.26. The zero-order chi connectivity index (χ0) is 11.7. The lowest BCUT2D eigenvalue weighted by atomic mass is 10.2. The number of nitrogens with zero attached hydrogens (tertiary/aromatic N) is 1. The highest BCUT2D eigenvalue weighted by molar-refractivity contribution is 5.75. The number of rotatable bonds is 2. The molecule has 0 spiro atoms. The molecule has 17 heavy (non-hydrogen) atoms. The van der Waals surface area contributed by atoms with E-state index in [0.29, 0.717) is 5.89 Å². The number of hydrogen-bond donors (Lipinski definition) is 0. The van der Waals surface area contributed by atoms with E-state index in [1.807, 2.05) is 42.5 Å². The second kappa shape index (κ2) is 3.94. The van der Waals surface area contributed by atoms with Crippen LogP contribution in [-0.4, -0.2) is 12.1 Å². The summed E-state index contributed by atoms with van der Waals surface area (Å²) in [7, 11) is 1.64. The first kappa shape index (κ1) is 9.90. The van der Waals surface area contributed by atoms with Gasteiger partial charge in [-0.2, -0.15) is 0 Å². The molecular formula is C14H10NO2. The second-order valence-electron chi connectivity index (χ2n) is 3.64. The Bertz CT molecular complexity index is 625. The van der Waals surface area contributed by atoms with Crippen LogP contribution in [0.15, 0.2) is 46.9 Å². The minimum Gasteiger partial charge on any atom is -0.497 e. The fourth-order valence-electron chi connectivity index (χ4n) is 1.70. The third kappa shape index (κ3) is 1.76. The molecular weight excluding hydrogens is 214 g/mol. The highest BCUT2D eigenvalue weighted by atomic mass is 16.5. The summed E-state index contributed by atoms with van der Waals surface area (Å²) in [6, 6.07) is 16.1. The number of oxazole rings is 1. The van der Waals surface area contributed by atoms with Gasteiger partial charge in [0.2, 0.25) is 5.89 Å². The van der Waals surface area contributed by atoms with Gasteiger partial charge in [0.05, 0.1) is 7.11 Å². The normalized spacial score (nSPS) is 10.6. The molecule has 3 nitrogen and oxygen atoms in total. The van der Waals surface area contributed by atoms with Crippen LogP contribution in [0.4, 0.5) is 0 Å². The number of fused-ring (bicyclic) bond motifs is 1. The number of benzene rings is 2. The molecule has 0 saturated heterocycles. The number of methoxy groups -OCH3 is 1. The van der Waals surface area contributed by atoms with Crippen LogP contribution in [0.3, 0.4) is 0 Å². The van der Waals surface area contributed by atoms with Crippen molar-refractivity contribution in [2.75, 3.05) is 7.11 Å². The summed E-state index contributed by atoms with van der Waals surface area (Å²) in [5, 5.41) is 0. The summed E-state index contributed by atoms with van der Waals surface area (Å²) in [5.74, 6) is 1.38. The van der Waals surface area contributed by atoms with Gasteiger partial charge >= 0.3 is 0 Å². The summed E-state index contributed by atoms with van der Waals surface area (Å²) in [6.45, 7) is 0. The second-order valence-corrected chi connectivity index (χ2v) is 3.64. The fraction of sp³-hybridized carbons (Fsp3) is 0.0714. The molecule has 1 radical (unpaired) electrons. The highest BCUT2D eigenvalue weighted by Gasteiger charge is 2.07. The van der Waals surface area contributed by atoms with Gasteiger partial charge in [-0.3, -0.25) is 0 Å². The van der Waals surface area contributed by atoms with Gasteiger partial charge in [-0.1, -0.05) is 12.1 Å². The maximum absolute atomic E-state index is 5.67. The third-order valence-corrected chi connectivity index (χ3v) is 2.55. The standard InChI is InChI=1S/C14H10NO2/c1-16-11-6-4-5-10(9-11)14-15-12-7-2-3-8-13(12)17-14/h3-9H,1H3. The van der Waals surface area contributed by atoms with Crippen LogP contribution in [0.25, 0.3) is 22.6 Å².